The van der Waals surface area contributed by atoms with E-state index in [1.165, 1.54) is 0 Å². The van der Waals surface area contributed by atoms with E-state index in [2.05, 4.69) is 0 Å². The van der Waals surface area contributed by atoms with E-state index in [-0.39, 0.29) is 6.61 Å². The average molecular weight is 153 g/mol. The average Bonchev–Trinajstić information content (AvgIpc) is 2.04. The molecule has 1 nitrogen and oxygen atoms in total. The quantitative estimate of drug-likeness (QED) is 0.597. The van der Waals surface area contributed by atoms with Crippen molar-refractivity contribution in [1.82, 2.24) is 0 Å². The van der Waals surface area contributed by atoms with Crippen molar-refractivity contribution in [3.8, 4) is 0 Å². The fourth-order valence-electron chi connectivity index (χ4n) is 0.822. The van der Waals surface area contributed by atoms with Gasteiger partial charge in [0, 0.05) is 4.90 Å². The van der Waals surface area contributed by atoms with Gasteiger partial charge < -0.3 is 0 Å². The van der Waals surface area contributed by atoms with Crippen LogP contribution in [0.1, 0.15) is 5.56 Å². The Kier molecular flexibility index (Phi) is 2.78. The fraction of sp³-hybridized carbons (Fsp3) is 0.250. The molecule has 0 fully saturated rings. The summed E-state index contributed by atoms with van der Waals surface area (Å²) in [6, 6.07) is 7.69. The van der Waals surface area contributed by atoms with E-state index < -0.39 is 0 Å². The lowest BCUT2D eigenvalue weighted by atomic mass is 10.2. The molecule has 53 valence electrons. The number of rotatable bonds is 2. The van der Waals surface area contributed by atoms with Crippen molar-refractivity contribution in [3.05, 3.63) is 29.8 Å². The predicted octanol–water partition coefficient (Wildman–Crippen LogP) is 2.34. The molecule has 0 aliphatic rings. The van der Waals surface area contributed by atoms with Gasteiger partial charge in [0.2, 0.25) is 0 Å². The third-order valence-electron chi connectivity index (χ3n) is 1.35. The molecule has 0 unspecified atom stereocenters. The van der Waals surface area contributed by atoms with Crippen molar-refractivity contribution < 1.29 is 5.11 Å². The summed E-state index contributed by atoms with van der Waals surface area (Å²) in [5, 5.41) is 10.5. The van der Waals surface area contributed by atoms with E-state index in [1.807, 2.05) is 30.5 Å². The number of hydrogen-bond donors (Lipinski definition) is 0. The minimum atomic E-state index is -0.114. The topological polar surface area (TPSA) is 19.9 Å². The smallest absolute Gasteiger partial charge is 0.108 e. The van der Waals surface area contributed by atoms with Crippen LogP contribution < -0.4 is 0 Å². The molecular formula is C8H9OS. The molecule has 0 amide bonds. The number of thioether (sulfide) groups is 1. The van der Waals surface area contributed by atoms with E-state index >= 15 is 0 Å². The summed E-state index contributed by atoms with van der Waals surface area (Å²) in [6.07, 6.45) is 1.98. The molecule has 1 aromatic rings. The van der Waals surface area contributed by atoms with E-state index in [9.17, 15) is 5.11 Å². The molecular weight excluding hydrogens is 144 g/mol. The van der Waals surface area contributed by atoms with Gasteiger partial charge in [-0.25, -0.2) is 5.11 Å². The lowest BCUT2D eigenvalue weighted by Crippen LogP contribution is -1.83. The largest absolute Gasteiger partial charge is 0.232 e. The van der Waals surface area contributed by atoms with Crippen LogP contribution in [0.25, 0.3) is 0 Å². The van der Waals surface area contributed by atoms with Crippen LogP contribution >= 0.6 is 11.8 Å². The molecule has 1 rings (SSSR count). The standard InChI is InChI=1S/C8H9OS/c1-10-8-5-3-2-4-7(8)6-9/h2-5H,6H2,1H3. The molecule has 0 aromatic heterocycles. The van der Waals surface area contributed by atoms with Gasteiger partial charge in [0.15, 0.2) is 0 Å². The van der Waals surface area contributed by atoms with Crippen molar-refractivity contribution in [2.24, 2.45) is 0 Å². The molecule has 2 heteroatoms. The van der Waals surface area contributed by atoms with Crippen molar-refractivity contribution in [2.75, 3.05) is 6.26 Å². The second kappa shape index (κ2) is 3.64. The van der Waals surface area contributed by atoms with Gasteiger partial charge in [0.05, 0.1) is 0 Å². The van der Waals surface area contributed by atoms with E-state index in [0.29, 0.717) is 0 Å². The van der Waals surface area contributed by atoms with Crippen LogP contribution in [0.5, 0.6) is 0 Å². The third kappa shape index (κ3) is 1.52. The SMILES string of the molecule is CSc1ccccc1C[O]. The zero-order valence-electron chi connectivity index (χ0n) is 5.83. The molecule has 0 bridgehead atoms. The van der Waals surface area contributed by atoms with Crippen LogP contribution in [0, 0.1) is 0 Å². The maximum atomic E-state index is 10.5. The Morgan fingerprint density at radius 3 is 2.60 bits per heavy atom. The molecule has 1 aromatic carbocycles. The molecule has 0 saturated heterocycles. The molecule has 0 spiro atoms. The summed E-state index contributed by atoms with van der Waals surface area (Å²) >= 11 is 1.62. The van der Waals surface area contributed by atoms with Gasteiger partial charge in [-0.1, -0.05) is 18.2 Å². The van der Waals surface area contributed by atoms with Gasteiger partial charge in [-0.15, -0.1) is 11.8 Å². The first kappa shape index (κ1) is 7.63. The third-order valence-corrected chi connectivity index (χ3v) is 2.19. The van der Waals surface area contributed by atoms with E-state index in [4.69, 9.17) is 0 Å². The van der Waals surface area contributed by atoms with Gasteiger partial charge >= 0.3 is 0 Å². The molecule has 0 aliphatic carbocycles. The Hall–Kier alpha value is -0.470. The van der Waals surface area contributed by atoms with Crippen LogP contribution in [-0.2, 0) is 11.7 Å². The van der Waals surface area contributed by atoms with Gasteiger partial charge in [0.1, 0.15) is 6.61 Å². The van der Waals surface area contributed by atoms with E-state index in [0.717, 1.165) is 10.5 Å². The zero-order chi connectivity index (χ0) is 7.40. The van der Waals surface area contributed by atoms with Crippen LogP contribution in [-0.4, -0.2) is 6.26 Å². The monoisotopic (exact) mass is 153 g/mol. The maximum absolute atomic E-state index is 10.5. The highest BCUT2D eigenvalue weighted by atomic mass is 32.2. The summed E-state index contributed by atoms with van der Waals surface area (Å²) in [5.74, 6) is 0. The summed E-state index contributed by atoms with van der Waals surface area (Å²) in [7, 11) is 0. The number of benzene rings is 1. The van der Waals surface area contributed by atoms with Crippen molar-refractivity contribution in [2.45, 2.75) is 11.5 Å². The predicted molar refractivity (Wildman–Crippen MR) is 42.6 cm³/mol. The van der Waals surface area contributed by atoms with Crippen LogP contribution in [0.2, 0.25) is 0 Å². The van der Waals surface area contributed by atoms with E-state index in [1.54, 1.807) is 11.8 Å². The Labute approximate surface area is 65.1 Å². The first-order valence-electron chi connectivity index (χ1n) is 3.08. The minimum absolute atomic E-state index is 0.114. The zero-order valence-corrected chi connectivity index (χ0v) is 6.65. The van der Waals surface area contributed by atoms with Gasteiger partial charge in [-0.2, -0.15) is 0 Å². The van der Waals surface area contributed by atoms with Crippen molar-refractivity contribution in [1.29, 1.82) is 0 Å². The van der Waals surface area contributed by atoms with Crippen molar-refractivity contribution >= 4 is 11.8 Å². The fourth-order valence-corrected chi connectivity index (χ4v) is 1.43. The molecule has 1 radical (unpaired) electrons. The second-order valence-electron chi connectivity index (χ2n) is 1.96. The summed E-state index contributed by atoms with van der Waals surface area (Å²) < 4.78 is 0. The molecule has 0 N–H and O–H groups in total. The first-order chi connectivity index (χ1) is 4.88. The van der Waals surface area contributed by atoms with Crippen molar-refractivity contribution in [3.63, 3.8) is 0 Å². The Morgan fingerprint density at radius 1 is 1.40 bits per heavy atom. The maximum Gasteiger partial charge on any atom is 0.108 e. The second-order valence-corrected chi connectivity index (χ2v) is 2.80. The van der Waals surface area contributed by atoms with Gasteiger partial charge in [0.25, 0.3) is 0 Å². The Bertz CT molecular complexity index is 187. The van der Waals surface area contributed by atoms with Gasteiger partial charge in [-0.05, 0) is 17.9 Å². The first-order valence-corrected chi connectivity index (χ1v) is 4.31. The Balaban J connectivity index is 2.96. The molecule has 0 aliphatic heterocycles. The molecule has 10 heavy (non-hydrogen) atoms. The number of hydrogen-bond acceptors (Lipinski definition) is 1. The molecule has 0 saturated carbocycles. The van der Waals surface area contributed by atoms with Gasteiger partial charge in [-0.3, -0.25) is 0 Å². The highest BCUT2D eigenvalue weighted by Gasteiger charge is 1.96. The lowest BCUT2D eigenvalue weighted by Gasteiger charge is -2.00. The summed E-state index contributed by atoms with van der Waals surface area (Å²) in [6.45, 7) is -0.114. The Morgan fingerprint density at radius 2 is 2.10 bits per heavy atom. The minimum Gasteiger partial charge on any atom is -0.232 e. The van der Waals surface area contributed by atoms with Crippen LogP contribution in [0.4, 0.5) is 0 Å². The lowest BCUT2D eigenvalue weighted by molar-refractivity contribution is 0.175. The molecule has 0 atom stereocenters. The summed E-state index contributed by atoms with van der Waals surface area (Å²) in [5.41, 5.74) is 0.898. The summed E-state index contributed by atoms with van der Waals surface area (Å²) in [4.78, 5) is 1.09. The highest BCUT2D eigenvalue weighted by molar-refractivity contribution is 7.98. The van der Waals surface area contributed by atoms with Crippen LogP contribution in [0.15, 0.2) is 29.2 Å². The highest BCUT2D eigenvalue weighted by Crippen LogP contribution is 2.19. The molecule has 0 heterocycles. The van der Waals surface area contributed by atoms with Crippen LogP contribution in [0.3, 0.4) is 0 Å². The normalized spacial score (nSPS) is 9.80.